The van der Waals surface area contributed by atoms with E-state index in [9.17, 15) is 9.18 Å². The summed E-state index contributed by atoms with van der Waals surface area (Å²) in [6.07, 6.45) is 2.59. The van der Waals surface area contributed by atoms with Crippen molar-refractivity contribution in [1.29, 1.82) is 0 Å². The average Bonchev–Trinajstić information content (AvgIpc) is 2.42. The van der Waals surface area contributed by atoms with Crippen molar-refractivity contribution in [3.05, 3.63) is 63.9 Å². The molecule has 0 heterocycles. The number of ether oxygens (including phenoxy) is 1. The number of hydrogen-bond donors (Lipinski definition) is 1. The molecule has 108 valence electrons. The lowest BCUT2D eigenvalue weighted by atomic mass is 10.1. The van der Waals surface area contributed by atoms with Crippen molar-refractivity contribution in [1.82, 2.24) is 0 Å². The Labute approximate surface area is 129 Å². The van der Waals surface area contributed by atoms with Crippen LogP contribution in [0, 0.1) is 12.7 Å². The molecule has 0 radical (unpaired) electrons. The van der Waals surface area contributed by atoms with Gasteiger partial charge in [-0.3, -0.25) is 0 Å². The zero-order valence-electron chi connectivity index (χ0n) is 11.1. The highest BCUT2D eigenvalue weighted by molar-refractivity contribution is 9.10. The van der Waals surface area contributed by atoms with Gasteiger partial charge in [-0.25, -0.2) is 9.18 Å². The van der Waals surface area contributed by atoms with Crippen molar-refractivity contribution in [2.75, 3.05) is 0 Å². The van der Waals surface area contributed by atoms with E-state index in [4.69, 9.17) is 9.84 Å². The van der Waals surface area contributed by atoms with E-state index in [2.05, 4.69) is 15.9 Å². The number of carbonyl (C=O) groups is 1. The first-order chi connectivity index (χ1) is 9.95. The molecule has 3 nitrogen and oxygen atoms in total. The fraction of sp³-hybridized carbons (Fsp3) is 0.0625. The van der Waals surface area contributed by atoms with Crippen LogP contribution in [0.25, 0.3) is 6.08 Å². The van der Waals surface area contributed by atoms with Crippen molar-refractivity contribution in [2.24, 2.45) is 0 Å². The van der Waals surface area contributed by atoms with Gasteiger partial charge in [0.1, 0.15) is 17.3 Å². The van der Waals surface area contributed by atoms with Gasteiger partial charge in [0.05, 0.1) is 4.47 Å². The Bertz CT molecular complexity index is 711. The highest BCUT2D eigenvalue weighted by Gasteiger charge is 2.06. The van der Waals surface area contributed by atoms with Crippen LogP contribution in [0.1, 0.15) is 11.1 Å². The third-order valence-corrected chi connectivity index (χ3v) is 3.42. The first kappa shape index (κ1) is 15.3. The van der Waals surface area contributed by atoms with Crippen LogP contribution in [-0.4, -0.2) is 11.1 Å². The second kappa shape index (κ2) is 6.54. The molecule has 0 amide bonds. The summed E-state index contributed by atoms with van der Waals surface area (Å²) in [5, 5.41) is 8.62. The van der Waals surface area contributed by atoms with Crippen LogP contribution >= 0.6 is 15.9 Å². The molecule has 0 aromatic heterocycles. The van der Waals surface area contributed by atoms with E-state index < -0.39 is 5.97 Å². The maximum Gasteiger partial charge on any atom is 0.328 e. The monoisotopic (exact) mass is 350 g/mol. The van der Waals surface area contributed by atoms with E-state index in [1.54, 1.807) is 24.3 Å². The van der Waals surface area contributed by atoms with Crippen LogP contribution in [-0.2, 0) is 4.79 Å². The van der Waals surface area contributed by atoms with E-state index in [1.807, 2.05) is 6.92 Å². The Balaban J connectivity index is 2.24. The lowest BCUT2D eigenvalue weighted by Gasteiger charge is -2.09. The Morgan fingerprint density at radius 2 is 2.05 bits per heavy atom. The summed E-state index contributed by atoms with van der Waals surface area (Å²) < 4.78 is 19.5. The lowest BCUT2D eigenvalue weighted by Crippen LogP contribution is -1.90. The van der Waals surface area contributed by atoms with Gasteiger partial charge in [0.25, 0.3) is 0 Å². The van der Waals surface area contributed by atoms with E-state index in [0.717, 1.165) is 17.2 Å². The number of aryl methyl sites for hydroxylation is 1. The predicted octanol–water partition coefficient (Wildman–Crippen LogP) is 4.79. The molecule has 5 heteroatoms. The molecule has 0 aliphatic rings. The molecule has 0 fully saturated rings. The molecule has 2 rings (SSSR count). The summed E-state index contributed by atoms with van der Waals surface area (Å²) in [6.45, 7) is 1.84. The maximum absolute atomic E-state index is 13.2. The molecular formula is C16H12BrFO3. The minimum atomic E-state index is -1.00. The molecule has 0 spiro atoms. The van der Waals surface area contributed by atoms with E-state index in [1.165, 1.54) is 18.2 Å². The van der Waals surface area contributed by atoms with Gasteiger partial charge in [-0.1, -0.05) is 6.07 Å². The van der Waals surface area contributed by atoms with Crippen LogP contribution in [0.2, 0.25) is 0 Å². The van der Waals surface area contributed by atoms with Crippen LogP contribution in [0.3, 0.4) is 0 Å². The number of hydrogen-bond acceptors (Lipinski definition) is 2. The number of carboxylic acid groups (broad SMARTS) is 1. The Kier molecular flexibility index (Phi) is 4.75. The van der Waals surface area contributed by atoms with Crippen LogP contribution in [0.15, 0.2) is 46.9 Å². The van der Waals surface area contributed by atoms with Crippen molar-refractivity contribution in [2.45, 2.75) is 6.92 Å². The molecule has 0 saturated carbocycles. The zero-order valence-corrected chi connectivity index (χ0v) is 12.7. The van der Waals surface area contributed by atoms with Gasteiger partial charge < -0.3 is 9.84 Å². The molecule has 0 aliphatic heterocycles. The maximum atomic E-state index is 13.2. The molecule has 21 heavy (non-hydrogen) atoms. The van der Waals surface area contributed by atoms with Crippen molar-refractivity contribution in [3.8, 4) is 11.5 Å². The number of halogens is 2. The Hall–Kier alpha value is -2.14. The largest absolute Gasteiger partial charge is 0.478 e. The molecular weight excluding hydrogens is 339 g/mol. The highest BCUT2D eigenvalue weighted by atomic mass is 79.9. The molecule has 0 saturated heterocycles. The summed E-state index contributed by atoms with van der Waals surface area (Å²) in [6, 6.07) is 9.41. The molecule has 0 unspecified atom stereocenters. The van der Waals surface area contributed by atoms with Gasteiger partial charge in [-0.05, 0) is 64.3 Å². The smallest absolute Gasteiger partial charge is 0.328 e. The molecule has 2 aromatic carbocycles. The first-order valence-corrected chi connectivity index (χ1v) is 6.89. The summed E-state index contributed by atoms with van der Waals surface area (Å²) in [5.74, 6) is -0.459. The fourth-order valence-electron chi connectivity index (χ4n) is 1.74. The Morgan fingerprint density at radius 3 is 2.71 bits per heavy atom. The number of benzene rings is 2. The minimum Gasteiger partial charge on any atom is -0.478 e. The van der Waals surface area contributed by atoms with Gasteiger partial charge in [0.15, 0.2) is 0 Å². The second-order valence-electron chi connectivity index (χ2n) is 4.37. The first-order valence-electron chi connectivity index (χ1n) is 6.10. The number of aliphatic carboxylic acids is 1. The third-order valence-electron chi connectivity index (χ3n) is 2.77. The summed E-state index contributed by atoms with van der Waals surface area (Å²) in [5.41, 5.74) is 1.64. The average molecular weight is 351 g/mol. The van der Waals surface area contributed by atoms with Gasteiger partial charge >= 0.3 is 5.97 Å². The zero-order chi connectivity index (χ0) is 15.4. The van der Waals surface area contributed by atoms with E-state index in [-0.39, 0.29) is 5.82 Å². The molecule has 1 N–H and O–H groups in total. The lowest BCUT2D eigenvalue weighted by molar-refractivity contribution is -0.131. The second-order valence-corrected chi connectivity index (χ2v) is 5.22. The summed E-state index contributed by atoms with van der Waals surface area (Å²) in [4.78, 5) is 10.5. The summed E-state index contributed by atoms with van der Waals surface area (Å²) in [7, 11) is 0. The molecule has 0 aliphatic carbocycles. The quantitative estimate of drug-likeness (QED) is 0.806. The van der Waals surface area contributed by atoms with Crippen LogP contribution in [0.5, 0.6) is 11.5 Å². The minimum absolute atomic E-state index is 0.378. The van der Waals surface area contributed by atoms with Crippen LogP contribution in [0.4, 0.5) is 4.39 Å². The van der Waals surface area contributed by atoms with Crippen molar-refractivity contribution in [3.63, 3.8) is 0 Å². The predicted molar refractivity (Wildman–Crippen MR) is 82.0 cm³/mol. The van der Waals surface area contributed by atoms with Gasteiger partial charge in [0.2, 0.25) is 0 Å². The fourth-order valence-corrected chi connectivity index (χ4v) is 2.07. The standard InChI is InChI=1S/C16H12BrFO3/c1-10-8-13(5-2-11(10)3-7-16(19)20)21-15-9-12(18)4-6-14(15)17/h2-9H,1H3,(H,19,20)/b7-3+. The summed E-state index contributed by atoms with van der Waals surface area (Å²) >= 11 is 3.29. The van der Waals surface area contributed by atoms with Crippen LogP contribution < -0.4 is 4.74 Å². The number of carboxylic acids is 1. The van der Waals surface area contributed by atoms with E-state index in [0.29, 0.717) is 16.0 Å². The van der Waals surface area contributed by atoms with Crippen molar-refractivity contribution >= 4 is 28.0 Å². The SMILES string of the molecule is Cc1cc(Oc2cc(F)ccc2Br)ccc1/C=C/C(=O)O. The van der Waals surface area contributed by atoms with Gasteiger partial charge in [-0.15, -0.1) is 0 Å². The van der Waals surface area contributed by atoms with Crippen molar-refractivity contribution < 1.29 is 19.0 Å². The topological polar surface area (TPSA) is 46.5 Å². The number of rotatable bonds is 4. The molecule has 0 atom stereocenters. The Morgan fingerprint density at radius 1 is 1.29 bits per heavy atom. The molecule has 2 aromatic rings. The molecule has 0 bridgehead atoms. The van der Waals surface area contributed by atoms with Gasteiger partial charge in [-0.2, -0.15) is 0 Å². The van der Waals surface area contributed by atoms with E-state index >= 15 is 0 Å². The normalized spacial score (nSPS) is 10.8. The third kappa shape index (κ3) is 4.16. The van der Waals surface area contributed by atoms with Gasteiger partial charge in [0, 0.05) is 12.1 Å². The highest BCUT2D eigenvalue weighted by Crippen LogP contribution is 2.31.